The molecule has 0 aliphatic carbocycles. The number of nitrogens with one attached hydrogen (secondary N) is 2. The molecule has 1 aromatic rings. The molecule has 2 rings (SSSR count). The van der Waals surface area contributed by atoms with Gasteiger partial charge in [0.2, 0.25) is 0 Å². The minimum Gasteiger partial charge on any atom is -0.379 e. The third-order valence-electron chi connectivity index (χ3n) is 2.98. The average Bonchev–Trinajstić information content (AvgIpc) is 2.82. The van der Waals surface area contributed by atoms with E-state index in [9.17, 15) is 9.18 Å². The Bertz CT molecular complexity index is 419. The van der Waals surface area contributed by atoms with Crippen molar-refractivity contribution in [2.45, 2.75) is 25.4 Å². The first kappa shape index (κ1) is 12.8. The molecule has 5 heteroatoms. The van der Waals surface area contributed by atoms with Crippen LogP contribution in [-0.2, 0) is 4.74 Å². The lowest BCUT2D eigenvalue weighted by atomic mass is 10.1. The van der Waals surface area contributed by atoms with E-state index in [4.69, 9.17) is 4.74 Å². The summed E-state index contributed by atoms with van der Waals surface area (Å²) in [5, 5.41) is 5.52. The molecule has 2 unspecified atom stereocenters. The number of amides is 2. The molecule has 98 valence electrons. The zero-order valence-electron chi connectivity index (χ0n) is 10.3. The number of carbonyl (C=O) groups is 1. The van der Waals surface area contributed by atoms with Gasteiger partial charge >= 0.3 is 6.03 Å². The fourth-order valence-corrected chi connectivity index (χ4v) is 1.98. The van der Waals surface area contributed by atoms with Gasteiger partial charge in [-0.05, 0) is 19.4 Å². The van der Waals surface area contributed by atoms with Crippen LogP contribution in [0.15, 0.2) is 24.3 Å². The second kappa shape index (κ2) is 5.82. The smallest absolute Gasteiger partial charge is 0.315 e. The van der Waals surface area contributed by atoms with Gasteiger partial charge in [0.25, 0.3) is 0 Å². The van der Waals surface area contributed by atoms with Crippen LogP contribution in [-0.4, -0.2) is 25.3 Å². The maximum absolute atomic E-state index is 13.5. The lowest BCUT2D eigenvalue weighted by Gasteiger charge is -2.17. The molecule has 4 nitrogen and oxygen atoms in total. The first-order valence-electron chi connectivity index (χ1n) is 6.06. The zero-order chi connectivity index (χ0) is 13.0. The Morgan fingerprint density at radius 3 is 2.94 bits per heavy atom. The highest BCUT2D eigenvalue weighted by atomic mass is 19.1. The molecule has 0 bridgehead atoms. The van der Waals surface area contributed by atoms with E-state index in [-0.39, 0.29) is 23.9 Å². The standard InChI is InChI=1S/C13H17FN2O2/c1-9(11-4-2-3-5-12(11)14)15-13(17)16-10-6-7-18-8-10/h2-5,9-10H,6-8H2,1H3,(H2,15,16,17). The number of ether oxygens (including phenoxy) is 1. The van der Waals surface area contributed by atoms with E-state index < -0.39 is 0 Å². The number of carbonyl (C=O) groups excluding carboxylic acids is 1. The predicted octanol–water partition coefficient (Wildman–Crippen LogP) is 1.97. The Labute approximate surface area is 106 Å². The van der Waals surface area contributed by atoms with Crippen LogP contribution in [0.2, 0.25) is 0 Å². The summed E-state index contributed by atoms with van der Waals surface area (Å²) in [5.74, 6) is -0.311. The van der Waals surface area contributed by atoms with Crippen LogP contribution in [0.1, 0.15) is 24.9 Å². The van der Waals surface area contributed by atoms with E-state index in [1.54, 1.807) is 25.1 Å². The molecule has 1 saturated heterocycles. The first-order valence-corrected chi connectivity index (χ1v) is 6.06. The van der Waals surface area contributed by atoms with Gasteiger partial charge in [-0.15, -0.1) is 0 Å². The van der Waals surface area contributed by atoms with Crippen LogP contribution >= 0.6 is 0 Å². The van der Waals surface area contributed by atoms with Crippen LogP contribution in [0, 0.1) is 5.82 Å². The summed E-state index contributed by atoms with van der Waals surface area (Å²) in [6, 6.07) is 5.82. The third kappa shape index (κ3) is 3.20. The molecule has 18 heavy (non-hydrogen) atoms. The molecule has 0 radical (unpaired) electrons. The highest BCUT2D eigenvalue weighted by molar-refractivity contribution is 5.74. The molecule has 2 atom stereocenters. The Balaban J connectivity index is 1.88. The van der Waals surface area contributed by atoms with Gasteiger partial charge in [0.05, 0.1) is 18.7 Å². The molecule has 0 aromatic heterocycles. The van der Waals surface area contributed by atoms with E-state index in [1.165, 1.54) is 6.07 Å². The minimum absolute atomic E-state index is 0.0535. The number of hydrogen-bond donors (Lipinski definition) is 2. The second-order valence-corrected chi connectivity index (χ2v) is 4.42. The summed E-state index contributed by atoms with van der Waals surface area (Å²) in [6.45, 7) is 2.97. The van der Waals surface area contributed by atoms with Gasteiger partial charge in [-0.25, -0.2) is 9.18 Å². The summed E-state index contributed by atoms with van der Waals surface area (Å²) >= 11 is 0. The predicted molar refractivity (Wildman–Crippen MR) is 65.7 cm³/mol. The van der Waals surface area contributed by atoms with E-state index in [0.717, 1.165) is 6.42 Å². The average molecular weight is 252 g/mol. The normalized spacial score (nSPS) is 20.4. The van der Waals surface area contributed by atoms with Gasteiger partial charge < -0.3 is 15.4 Å². The number of urea groups is 1. The summed E-state index contributed by atoms with van der Waals surface area (Å²) in [5.41, 5.74) is 0.482. The molecule has 1 aromatic carbocycles. The van der Waals surface area contributed by atoms with Crippen molar-refractivity contribution in [1.29, 1.82) is 0 Å². The molecular formula is C13H17FN2O2. The molecule has 2 amide bonds. The van der Waals surface area contributed by atoms with Gasteiger partial charge in [-0.3, -0.25) is 0 Å². The van der Waals surface area contributed by atoms with E-state index in [2.05, 4.69) is 10.6 Å². The molecule has 2 N–H and O–H groups in total. The molecule has 0 spiro atoms. The van der Waals surface area contributed by atoms with Crippen molar-refractivity contribution in [3.63, 3.8) is 0 Å². The quantitative estimate of drug-likeness (QED) is 0.864. The van der Waals surface area contributed by atoms with Crippen molar-refractivity contribution >= 4 is 6.03 Å². The lowest BCUT2D eigenvalue weighted by molar-refractivity contribution is 0.188. The van der Waals surface area contributed by atoms with E-state index in [0.29, 0.717) is 18.8 Å². The van der Waals surface area contributed by atoms with E-state index in [1.807, 2.05) is 0 Å². The Hall–Kier alpha value is -1.62. The fraction of sp³-hybridized carbons (Fsp3) is 0.462. The van der Waals surface area contributed by atoms with Crippen LogP contribution in [0.25, 0.3) is 0 Å². The summed E-state index contributed by atoms with van der Waals surface area (Å²) in [7, 11) is 0. The fourth-order valence-electron chi connectivity index (χ4n) is 1.98. The number of benzene rings is 1. The Kier molecular flexibility index (Phi) is 4.15. The van der Waals surface area contributed by atoms with Crippen LogP contribution in [0.5, 0.6) is 0 Å². The summed E-state index contributed by atoms with van der Waals surface area (Å²) < 4.78 is 18.7. The SMILES string of the molecule is CC(NC(=O)NC1CCOC1)c1ccccc1F. The summed E-state index contributed by atoms with van der Waals surface area (Å²) in [6.07, 6.45) is 0.821. The Morgan fingerprint density at radius 1 is 1.50 bits per heavy atom. The molecule has 0 saturated carbocycles. The van der Waals surface area contributed by atoms with Crippen molar-refractivity contribution in [2.75, 3.05) is 13.2 Å². The largest absolute Gasteiger partial charge is 0.379 e. The topological polar surface area (TPSA) is 50.4 Å². The monoisotopic (exact) mass is 252 g/mol. The molecule has 1 aliphatic heterocycles. The van der Waals surface area contributed by atoms with E-state index >= 15 is 0 Å². The number of halogens is 1. The maximum atomic E-state index is 13.5. The molecule has 1 aliphatic rings. The van der Waals surface area contributed by atoms with Crippen molar-refractivity contribution in [1.82, 2.24) is 10.6 Å². The van der Waals surface area contributed by atoms with Crippen molar-refractivity contribution in [3.8, 4) is 0 Å². The van der Waals surface area contributed by atoms with Crippen LogP contribution in [0.3, 0.4) is 0 Å². The Morgan fingerprint density at radius 2 is 2.28 bits per heavy atom. The minimum atomic E-state index is -0.367. The van der Waals surface area contributed by atoms with Gasteiger partial charge in [0.1, 0.15) is 5.82 Å². The van der Waals surface area contributed by atoms with Gasteiger partial charge in [0, 0.05) is 12.2 Å². The third-order valence-corrected chi connectivity index (χ3v) is 2.98. The first-order chi connectivity index (χ1) is 8.66. The van der Waals surface area contributed by atoms with Gasteiger partial charge in [0.15, 0.2) is 0 Å². The molecule has 1 heterocycles. The zero-order valence-corrected chi connectivity index (χ0v) is 10.3. The lowest BCUT2D eigenvalue weighted by Crippen LogP contribution is -2.43. The molecule has 1 fully saturated rings. The van der Waals surface area contributed by atoms with Gasteiger partial charge in [-0.1, -0.05) is 18.2 Å². The summed E-state index contributed by atoms with van der Waals surface area (Å²) in [4.78, 5) is 11.7. The van der Waals surface area contributed by atoms with Crippen LogP contribution in [0.4, 0.5) is 9.18 Å². The van der Waals surface area contributed by atoms with Gasteiger partial charge in [-0.2, -0.15) is 0 Å². The second-order valence-electron chi connectivity index (χ2n) is 4.42. The molecular weight excluding hydrogens is 235 g/mol. The highest BCUT2D eigenvalue weighted by Crippen LogP contribution is 2.15. The highest BCUT2D eigenvalue weighted by Gasteiger charge is 2.19. The maximum Gasteiger partial charge on any atom is 0.315 e. The van der Waals surface area contributed by atoms with Crippen LogP contribution < -0.4 is 10.6 Å². The number of rotatable bonds is 3. The van der Waals surface area contributed by atoms with Crippen molar-refractivity contribution < 1.29 is 13.9 Å². The van der Waals surface area contributed by atoms with Crippen molar-refractivity contribution in [3.05, 3.63) is 35.6 Å². The number of hydrogen-bond acceptors (Lipinski definition) is 2. The van der Waals surface area contributed by atoms with Crippen molar-refractivity contribution in [2.24, 2.45) is 0 Å².